The largest absolute Gasteiger partial charge is 0.321 e. The predicted molar refractivity (Wildman–Crippen MR) is 94.4 cm³/mol. The van der Waals surface area contributed by atoms with E-state index in [4.69, 9.17) is 0 Å². The highest BCUT2D eigenvalue weighted by Crippen LogP contribution is 2.27. The van der Waals surface area contributed by atoms with Crippen molar-refractivity contribution in [3.63, 3.8) is 0 Å². The van der Waals surface area contributed by atoms with E-state index >= 15 is 0 Å². The first-order valence-corrected chi connectivity index (χ1v) is 8.64. The van der Waals surface area contributed by atoms with E-state index < -0.39 is 0 Å². The van der Waals surface area contributed by atoms with E-state index in [9.17, 15) is 4.79 Å². The van der Waals surface area contributed by atoms with Crippen molar-refractivity contribution in [2.45, 2.75) is 10.2 Å². The van der Waals surface area contributed by atoms with Gasteiger partial charge in [0.1, 0.15) is 0 Å². The second kappa shape index (κ2) is 8.05. The summed E-state index contributed by atoms with van der Waals surface area (Å²) >= 11 is 5.05. The molecular weight excluding hydrogens is 346 g/mol. The van der Waals surface area contributed by atoms with Crippen molar-refractivity contribution in [1.82, 2.24) is 0 Å². The highest BCUT2D eigenvalue weighted by molar-refractivity contribution is 9.08. The van der Waals surface area contributed by atoms with Crippen molar-refractivity contribution < 1.29 is 4.79 Å². The van der Waals surface area contributed by atoms with E-state index in [1.54, 1.807) is 11.8 Å². The predicted octanol–water partition coefficient (Wildman–Crippen LogP) is 5.11. The van der Waals surface area contributed by atoms with Gasteiger partial charge in [0, 0.05) is 21.5 Å². The van der Waals surface area contributed by atoms with Crippen LogP contribution in [0.1, 0.15) is 15.9 Å². The van der Waals surface area contributed by atoms with Gasteiger partial charge in [0.05, 0.1) is 5.69 Å². The van der Waals surface area contributed by atoms with Crippen molar-refractivity contribution in [2.75, 3.05) is 11.1 Å². The minimum atomic E-state index is -0.0947. The highest BCUT2D eigenvalue weighted by Gasteiger charge is 2.08. The minimum Gasteiger partial charge on any atom is -0.321 e. The Labute approximate surface area is 137 Å². The van der Waals surface area contributed by atoms with Crippen LogP contribution in [0.15, 0.2) is 66.1 Å². The number of nitrogens with one attached hydrogen (secondary N) is 1. The van der Waals surface area contributed by atoms with Gasteiger partial charge < -0.3 is 5.32 Å². The van der Waals surface area contributed by atoms with Gasteiger partial charge in [-0.15, -0.1) is 18.3 Å². The molecule has 0 atom stereocenters. The molecule has 108 valence electrons. The number of halogens is 1. The molecule has 2 rings (SSSR count). The Hall–Kier alpha value is -1.52. The summed E-state index contributed by atoms with van der Waals surface area (Å²) in [7, 11) is 0. The molecule has 0 aliphatic rings. The van der Waals surface area contributed by atoms with Crippen LogP contribution in [-0.2, 0) is 5.33 Å². The summed E-state index contributed by atoms with van der Waals surface area (Å²) in [5.41, 5.74) is 2.63. The minimum absolute atomic E-state index is 0.0947. The van der Waals surface area contributed by atoms with Gasteiger partial charge in [-0.25, -0.2) is 0 Å². The molecule has 0 bridgehead atoms. The number of hydrogen-bond donors (Lipinski definition) is 1. The molecule has 21 heavy (non-hydrogen) atoms. The van der Waals surface area contributed by atoms with Gasteiger partial charge in [0.2, 0.25) is 0 Å². The number of anilines is 1. The normalized spacial score (nSPS) is 10.1. The highest BCUT2D eigenvalue weighted by atomic mass is 79.9. The lowest BCUT2D eigenvalue weighted by Crippen LogP contribution is -2.12. The van der Waals surface area contributed by atoms with E-state index in [2.05, 4.69) is 27.8 Å². The maximum absolute atomic E-state index is 12.3. The Bertz CT molecular complexity index is 625. The first kappa shape index (κ1) is 15.9. The van der Waals surface area contributed by atoms with Crippen LogP contribution in [0.3, 0.4) is 0 Å². The number of alkyl halides is 1. The lowest BCUT2D eigenvalue weighted by Gasteiger charge is -2.10. The van der Waals surface area contributed by atoms with Gasteiger partial charge in [-0.3, -0.25) is 4.79 Å². The van der Waals surface area contributed by atoms with Gasteiger partial charge in [-0.2, -0.15) is 0 Å². The number of para-hydroxylation sites is 1. The molecular formula is C17H16BrNOS. The van der Waals surface area contributed by atoms with Crippen LogP contribution in [0.4, 0.5) is 5.69 Å². The maximum Gasteiger partial charge on any atom is 0.255 e. The third-order valence-corrected chi connectivity index (χ3v) is 4.58. The van der Waals surface area contributed by atoms with Crippen molar-refractivity contribution in [1.29, 1.82) is 0 Å². The van der Waals surface area contributed by atoms with Crippen LogP contribution in [0.2, 0.25) is 0 Å². The zero-order chi connectivity index (χ0) is 15.1. The number of hydrogen-bond acceptors (Lipinski definition) is 2. The lowest BCUT2D eigenvalue weighted by molar-refractivity contribution is 0.102. The van der Waals surface area contributed by atoms with Crippen LogP contribution >= 0.6 is 27.7 Å². The average Bonchev–Trinajstić information content (AvgIpc) is 2.54. The SMILES string of the molecule is C=CCSc1ccccc1NC(=O)c1ccc(CBr)cc1. The van der Waals surface area contributed by atoms with Gasteiger partial charge in [-0.05, 0) is 29.8 Å². The molecule has 1 N–H and O–H groups in total. The molecule has 0 aliphatic carbocycles. The fourth-order valence-corrected chi connectivity index (χ4v) is 2.90. The molecule has 0 heterocycles. The molecule has 0 aromatic heterocycles. The molecule has 2 nitrogen and oxygen atoms in total. The third-order valence-electron chi connectivity index (χ3n) is 2.86. The van der Waals surface area contributed by atoms with Crippen molar-refractivity contribution >= 4 is 39.3 Å². The van der Waals surface area contributed by atoms with Crippen LogP contribution in [0, 0.1) is 0 Å². The lowest BCUT2D eigenvalue weighted by atomic mass is 10.1. The number of amides is 1. The number of rotatable bonds is 6. The molecule has 0 saturated carbocycles. The molecule has 1 amide bonds. The summed E-state index contributed by atoms with van der Waals surface area (Å²) in [5, 5.41) is 3.76. The topological polar surface area (TPSA) is 29.1 Å². The maximum atomic E-state index is 12.3. The number of carbonyl (C=O) groups is 1. The Kier molecular flexibility index (Phi) is 6.08. The summed E-state index contributed by atoms with van der Waals surface area (Å²) in [6, 6.07) is 15.4. The zero-order valence-corrected chi connectivity index (χ0v) is 13.9. The summed E-state index contributed by atoms with van der Waals surface area (Å²) in [5.74, 6) is 0.718. The molecule has 0 spiro atoms. The van der Waals surface area contributed by atoms with Crippen molar-refractivity contribution in [3.8, 4) is 0 Å². The van der Waals surface area contributed by atoms with E-state index in [0.29, 0.717) is 5.56 Å². The molecule has 2 aromatic rings. The van der Waals surface area contributed by atoms with Crippen molar-refractivity contribution in [2.24, 2.45) is 0 Å². The average molecular weight is 362 g/mol. The van der Waals surface area contributed by atoms with E-state index in [-0.39, 0.29) is 5.91 Å². The molecule has 0 fully saturated rings. The van der Waals surface area contributed by atoms with Gasteiger partial charge in [-0.1, -0.05) is 46.3 Å². The first-order valence-electron chi connectivity index (χ1n) is 6.53. The fraction of sp³-hybridized carbons (Fsp3) is 0.118. The number of carbonyl (C=O) groups excluding carboxylic acids is 1. The molecule has 0 saturated heterocycles. The zero-order valence-electron chi connectivity index (χ0n) is 11.5. The second-order valence-electron chi connectivity index (χ2n) is 4.38. The van der Waals surface area contributed by atoms with E-state index in [1.165, 1.54) is 0 Å². The molecule has 2 aromatic carbocycles. The summed E-state index contributed by atoms with van der Waals surface area (Å²) in [4.78, 5) is 13.3. The fourth-order valence-electron chi connectivity index (χ4n) is 1.78. The van der Waals surface area contributed by atoms with Crippen molar-refractivity contribution in [3.05, 3.63) is 72.3 Å². The Morgan fingerprint density at radius 3 is 2.57 bits per heavy atom. The third kappa shape index (κ3) is 4.48. The quantitative estimate of drug-likeness (QED) is 0.439. The smallest absolute Gasteiger partial charge is 0.255 e. The summed E-state index contributed by atoms with van der Waals surface area (Å²) in [6.07, 6.45) is 1.85. The van der Waals surface area contributed by atoms with Gasteiger partial charge >= 0.3 is 0 Å². The van der Waals surface area contributed by atoms with E-state index in [0.717, 1.165) is 27.2 Å². The summed E-state index contributed by atoms with van der Waals surface area (Å²) in [6.45, 7) is 3.72. The monoisotopic (exact) mass is 361 g/mol. The Morgan fingerprint density at radius 2 is 1.90 bits per heavy atom. The van der Waals surface area contributed by atoms with E-state index in [1.807, 2.05) is 54.6 Å². The molecule has 0 radical (unpaired) electrons. The molecule has 0 aliphatic heterocycles. The summed E-state index contributed by atoms with van der Waals surface area (Å²) < 4.78 is 0. The first-order chi connectivity index (χ1) is 10.2. The van der Waals surface area contributed by atoms with Gasteiger partial charge in [0.25, 0.3) is 5.91 Å². The van der Waals surface area contributed by atoms with Gasteiger partial charge in [0.15, 0.2) is 0 Å². The van der Waals surface area contributed by atoms with Crippen LogP contribution in [-0.4, -0.2) is 11.7 Å². The van der Waals surface area contributed by atoms with Crippen LogP contribution < -0.4 is 5.32 Å². The molecule has 4 heteroatoms. The van der Waals surface area contributed by atoms with Crippen LogP contribution in [0.5, 0.6) is 0 Å². The van der Waals surface area contributed by atoms with Crippen LogP contribution in [0.25, 0.3) is 0 Å². The Morgan fingerprint density at radius 1 is 1.19 bits per heavy atom. The molecule has 0 unspecified atom stereocenters. The number of thioether (sulfide) groups is 1. The second-order valence-corrected chi connectivity index (χ2v) is 6.00. The standard InChI is InChI=1S/C17H16BrNOS/c1-2-11-21-16-6-4-3-5-15(16)19-17(20)14-9-7-13(12-18)8-10-14/h2-10H,1,11-12H2,(H,19,20). The Balaban J connectivity index is 2.13. The number of benzene rings is 2.